The van der Waals surface area contributed by atoms with Gasteiger partial charge in [-0.2, -0.15) is 0 Å². The minimum Gasteiger partial charge on any atom is -0.454 e. The van der Waals surface area contributed by atoms with Gasteiger partial charge in [-0.15, -0.1) is 22.7 Å². The maximum atomic E-state index is 5.44. The fraction of sp³-hybridized carbons (Fsp3) is 0.368. The van der Waals surface area contributed by atoms with Crippen LogP contribution in [0.15, 0.2) is 29.0 Å². The van der Waals surface area contributed by atoms with Crippen molar-refractivity contribution in [1.82, 2.24) is 15.3 Å². The lowest BCUT2D eigenvalue weighted by molar-refractivity contribution is 0.174. The first-order valence-electron chi connectivity index (χ1n) is 8.74. The number of rotatable bonds is 8. The van der Waals surface area contributed by atoms with Crippen LogP contribution in [0.3, 0.4) is 0 Å². The number of ether oxygens (including phenoxy) is 2. The first kappa shape index (κ1) is 17.5. The van der Waals surface area contributed by atoms with Gasteiger partial charge in [0, 0.05) is 28.6 Å². The highest BCUT2D eigenvalue weighted by Gasteiger charge is 2.15. The lowest BCUT2D eigenvalue weighted by Crippen LogP contribution is -2.15. The Morgan fingerprint density at radius 2 is 2.00 bits per heavy atom. The van der Waals surface area contributed by atoms with Gasteiger partial charge in [0.1, 0.15) is 5.01 Å². The van der Waals surface area contributed by atoms with Crippen molar-refractivity contribution >= 4 is 22.7 Å². The smallest absolute Gasteiger partial charge is 0.231 e. The zero-order valence-corrected chi connectivity index (χ0v) is 16.3. The first-order valence-corrected chi connectivity index (χ1v) is 10.5. The van der Waals surface area contributed by atoms with E-state index in [1.165, 1.54) is 11.4 Å². The summed E-state index contributed by atoms with van der Waals surface area (Å²) in [6, 6.07) is 5.98. The van der Waals surface area contributed by atoms with Gasteiger partial charge in [-0.25, -0.2) is 9.97 Å². The van der Waals surface area contributed by atoms with Crippen molar-refractivity contribution < 1.29 is 9.47 Å². The lowest BCUT2D eigenvalue weighted by atomic mass is 10.2. The van der Waals surface area contributed by atoms with Crippen molar-refractivity contribution in [3.8, 4) is 22.1 Å². The second-order valence-electron chi connectivity index (χ2n) is 6.23. The molecule has 0 spiro atoms. The third kappa shape index (κ3) is 4.23. The van der Waals surface area contributed by atoms with Gasteiger partial charge in [-0.05, 0) is 50.9 Å². The molecule has 0 unspecified atom stereocenters. The molecule has 3 aromatic rings. The van der Waals surface area contributed by atoms with Crippen molar-refractivity contribution in [2.75, 3.05) is 13.3 Å². The highest BCUT2D eigenvalue weighted by atomic mass is 32.1. The summed E-state index contributed by atoms with van der Waals surface area (Å²) in [6.07, 6.45) is 3.39. The molecule has 0 radical (unpaired) electrons. The van der Waals surface area contributed by atoms with Gasteiger partial charge in [0.05, 0.1) is 10.7 Å². The number of nitrogens with one attached hydrogen (secondary N) is 1. The molecule has 4 rings (SSSR count). The molecule has 5 nitrogen and oxygen atoms in total. The van der Waals surface area contributed by atoms with E-state index in [9.17, 15) is 0 Å². The molecule has 26 heavy (non-hydrogen) atoms. The highest BCUT2D eigenvalue weighted by Crippen LogP contribution is 2.36. The SMILES string of the molecule is Cc1csc(CCCCNCc2csc(-c3ccc4c(c3)OCO4)n2)n1. The van der Waals surface area contributed by atoms with Gasteiger partial charge in [0.15, 0.2) is 11.5 Å². The molecule has 7 heteroatoms. The van der Waals surface area contributed by atoms with Crippen molar-refractivity contribution in [3.05, 3.63) is 45.4 Å². The number of hydrogen-bond acceptors (Lipinski definition) is 7. The predicted octanol–water partition coefficient (Wildman–Crippen LogP) is 4.42. The van der Waals surface area contributed by atoms with Crippen LogP contribution in [0.2, 0.25) is 0 Å². The van der Waals surface area contributed by atoms with Gasteiger partial charge < -0.3 is 14.8 Å². The highest BCUT2D eigenvalue weighted by molar-refractivity contribution is 7.13. The average molecular weight is 388 g/mol. The fourth-order valence-electron chi connectivity index (χ4n) is 2.81. The van der Waals surface area contributed by atoms with E-state index in [0.717, 1.165) is 59.4 Å². The predicted molar refractivity (Wildman–Crippen MR) is 105 cm³/mol. The molecule has 0 bridgehead atoms. The largest absolute Gasteiger partial charge is 0.454 e. The summed E-state index contributed by atoms with van der Waals surface area (Å²) in [5.41, 5.74) is 3.28. The normalized spacial score (nSPS) is 12.7. The number of aryl methyl sites for hydroxylation is 2. The molecular formula is C19H21N3O2S2. The van der Waals surface area contributed by atoms with Gasteiger partial charge in [0.25, 0.3) is 0 Å². The zero-order valence-electron chi connectivity index (χ0n) is 14.7. The van der Waals surface area contributed by atoms with E-state index in [-0.39, 0.29) is 0 Å². The van der Waals surface area contributed by atoms with Crippen LogP contribution in [0.4, 0.5) is 0 Å². The molecule has 1 aliphatic rings. The van der Waals surface area contributed by atoms with Crippen LogP contribution >= 0.6 is 22.7 Å². The van der Waals surface area contributed by atoms with Crippen LogP contribution in [-0.4, -0.2) is 23.3 Å². The van der Waals surface area contributed by atoms with Crippen LogP contribution in [-0.2, 0) is 13.0 Å². The molecule has 0 fully saturated rings. The molecule has 2 aromatic heterocycles. The number of benzene rings is 1. The van der Waals surface area contributed by atoms with Crippen molar-refractivity contribution in [2.24, 2.45) is 0 Å². The Bertz CT molecular complexity index is 875. The zero-order chi connectivity index (χ0) is 17.8. The number of hydrogen-bond donors (Lipinski definition) is 1. The molecular weight excluding hydrogens is 366 g/mol. The molecule has 3 heterocycles. The number of thiazole rings is 2. The molecule has 136 valence electrons. The quantitative estimate of drug-likeness (QED) is 0.580. The van der Waals surface area contributed by atoms with E-state index >= 15 is 0 Å². The number of aromatic nitrogens is 2. The van der Waals surface area contributed by atoms with Crippen LogP contribution in [0.25, 0.3) is 10.6 Å². The van der Waals surface area contributed by atoms with E-state index in [0.29, 0.717) is 6.79 Å². The van der Waals surface area contributed by atoms with E-state index < -0.39 is 0 Å². The van der Waals surface area contributed by atoms with E-state index in [4.69, 9.17) is 14.5 Å². The summed E-state index contributed by atoms with van der Waals surface area (Å²) in [5, 5.41) is 9.98. The summed E-state index contributed by atoms with van der Waals surface area (Å²) < 4.78 is 10.8. The van der Waals surface area contributed by atoms with Crippen molar-refractivity contribution in [2.45, 2.75) is 32.7 Å². The minimum absolute atomic E-state index is 0.300. The lowest BCUT2D eigenvalue weighted by Gasteiger charge is -2.02. The summed E-state index contributed by atoms with van der Waals surface area (Å²) in [4.78, 5) is 9.23. The standard InChI is InChI=1S/C19H21N3O2S2/c1-13-10-25-18(21-13)4-2-3-7-20-9-15-11-26-19(22-15)14-5-6-16-17(8-14)24-12-23-16/h5-6,8,10-11,20H,2-4,7,9,12H2,1H3. The molecule has 1 aliphatic heterocycles. The van der Waals surface area contributed by atoms with E-state index in [2.05, 4.69) is 21.1 Å². The van der Waals surface area contributed by atoms with E-state index in [1.807, 2.05) is 25.1 Å². The Morgan fingerprint density at radius 3 is 2.88 bits per heavy atom. The Balaban J connectivity index is 1.21. The Labute approximate surface area is 161 Å². The first-order chi connectivity index (χ1) is 12.8. The molecule has 0 aliphatic carbocycles. The molecule has 0 saturated carbocycles. The van der Waals surface area contributed by atoms with Gasteiger partial charge in [0.2, 0.25) is 6.79 Å². The number of fused-ring (bicyclic) bond motifs is 1. The maximum absolute atomic E-state index is 5.44. The molecule has 0 atom stereocenters. The van der Waals surface area contributed by atoms with E-state index in [1.54, 1.807) is 22.7 Å². The van der Waals surface area contributed by atoms with Gasteiger partial charge in [-0.1, -0.05) is 0 Å². The third-order valence-corrected chi connectivity index (χ3v) is 6.10. The topological polar surface area (TPSA) is 56.3 Å². The van der Waals surface area contributed by atoms with Crippen LogP contribution < -0.4 is 14.8 Å². The second kappa shape index (κ2) is 8.16. The summed E-state index contributed by atoms with van der Waals surface area (Å²) in [6.45, 7) is 4.15. The van der Waals surface area contributed by atoms with Crippen molar-refractivity contribution in [3.63, 3.8) is 0 Å². The maximum Gasteiger partial charge on any atom is 0.231 e. The number of unbranched alkanes of at least 4 members (excludes halogenated alkanes) is 1. The molecule has 1 N–H and O–H groups in total. The summed E-state index contributed by atoms with van der Waals surface area (Å²) >= 11 is 3.42. The molecule has 0 saturated heterocycles. The van der Waals surface area contributed by atoms with Gasteiger partial charge >= 0.3 is 0 Å². The molecule has 0 amide bonds. The Morgan fingerprint density at radius 1 is 1.08 bits per heavy atom. The Hall–Kier alpha value is -1.96. The number of nitrogens with zero attached hydrogens (tertiary/aromatic N) is 2. The second-order valence-corrected chi connectivity index (χ2v) is 8.03. The Kier molecular flexibility index (Phi) is 5.48. The fourth-order valence-corrected chi connectivity index (χ4v) is 4.45. The third-order valence-electron chi connectivity index (χ3n) is 4.14. The summed E-state index contributed by atoms with van der Waals surface area (Å²) in [7, 11) is 0. The van der Waals surface area contributed by atoms with Crippen LogP contribution in [0.5, 0.6) is 11.5 Å². The van der Waals surface area contributed by atoms with Crippen molar-refractivity contribution in [1.29, 1.82) is 0 Å². The molecule has 1 aromatic carbocycles. The van der Waals surface area contributed by atoms with Crippen LogP contribution in [0.1, 0.15) is 29.2 Å². The minimum atomic E-state index is 0.300. The van der Waals surface area contributed by atoms with Gasteiger partial charge in [-0.3, -0.25) is 0 Å². The monoisotopic (exact) mass is 387 g/mol. The average Bonchev–Trinajstić information content (AvgIpc) is 3.38. The van der Waals surface area contributed by atoms with Crippen LogP contribution in [0, 0.1) is 6.92 Å². The summed E-state index contributed by atoms with van der Waals surface area (Å²) in [5.74, 6) is 1.60.